The fourth-order valence-corrected chi connectivity index (χ4v) is 2.00. The SMILES string of the molecule is CCC(C)(C)N1CCC(NC)C(F)C1. The zero-order valence-electron chi connectivity index (χ0n) is 9.81. The van der Waals surface area contributed by atoms with Crippen LogP contribution in [0, 0.1) is 0 Å². The molecular formula is C11H23FN2. The topological polar surface area (TPSA) is 15.3 Å². The lowest BCUT2D eigenvalue weighted by molar-refractivity contribution is 0.0328. The van der Waals surface area contributed by atoms with Gasteiger partial charge in [0, 0.05) is 24.7 Å². The number of piperidine rings is 1. The number of hydrogen-bond donors (Lipinski definition) is 1. The highest BCUT2D eigenvalue weighted by Gasteiger charge is 2.34. The van der Waals surface area contributed by atoms with Gasteiger partial charge in [0.25, 0.3) is 0 Å². The number of likely N-dealkylation sites (tertiary alicyclic amines) is 1. The third-order valence-corrected chi connectivity index (χ3v) is 3.63. The van der Waals surface area contributed by atoms with E-state index >= 15 is 0 Å². The molecule has 1 heterocycles. The highest BCUT2D eigenvalue weighted by atomic mass is 19.1. The minimum absolute atomic E-state index is 0.0545. The van der Waals surface area contributed by atoms with Crippen molar-refractivity contribution in [3.05, 3.63) is 0 Å². The van der Waals surface area contributed by atoms with Gasteiger partial charge < -0.3 is 5.32 Å². The molecule has 2 unspecified atom stereocenters. The Hall–Kier alpha value is -0.150. The van der Waals surface area contributed by atoms with Crippen molar-refractivity contribution in [1.29, 1.82) is 0 Å². The van der Waals surface area contributed by atoms with Crippen molar-refractivity contribution >= 4 is 0 Å². The molecule has 0 spiro atoms. The Kier molecular flexibility index (Phi) is 3.90. The Morgan fingerprint density at radius 2 is 2.14 bits per heavy atom. The molecule has 0 aromatic heterocycles. The van der Waals surface area contributed by atoms with Crippen molar-refractivity contribution in [3.8, 4) is 0 Å². The Labute approximate surface area is 86.9 Å². The molecule has 1 fully saturated rings. The van der Waals surface area contributed by atoms with Gasteiger partial charge in [-0.15, -0.1) is 0 Å². The molecule has 1 rings (SSSR count). The fourth-order valence-electron chi connectivity index (χ4n) is 2.00. The van der Waals surface area contributed by atoms with Gasteiger partial charge in [0.2, 0.25) is 0 Å². The zero-order chi connectivity index (χ0) is 10.8. The van der Waals surface area contributed by atoms with Crippen molar-refractivity contribution in [2.45, 2.75) is 51.4 Å². The van der Waals surface area contributed by atoms with Crippen LogP contribution in [0.5, 0.6) is 0 Å². The van der Waals surface area contributed by atoms with Gasteiger partial charge in [0.1, 0.15) is 6.17 Å². The molecule has 2 nitrogen and oxygen atoms in total. The van der Waals surface area contributed by atoms with Gasteiger partial charge in [0.05, 0.1) is 0 Å². The van der Waals surface area contributed by atoms with Crippen molar-refractivity contribution in [1.82, 2.24) is 10.2 Å². The van der Waals surface area contributed by atoms with Gasteiger partial charge in [0.15, 0.2) is 0 Å². The Morgan fingerprint density at radius 3 is 2.57 bits per heavy atom. The summed E-state index contributed by atoms with van der Waals surface area (Å²) in [6, 6.07) is 0.0545. The van der Waals surface area contributed by atoms with Crippen molar-refractivity contribution < 1.29 is 4.39 Å². The van der Waals surface area contributed by atoms with Crippen LogP contribution in [0.15, 0.2) is 0 Å². The summed E-state index contributed by atoms with van der Waals surface area (Å²) in [6.07, 6.45) is 1.27. The first-order chi connectivity index (χ1) is 6.51. The van der Waals surface area contributed by atoms with Gasteiger partial charge in [-0.3, -0.25) is 4.90 Å². The summed E-state index contributed by atoms with van der Waals surface area (Å²) >= 11 is 0. The predicted octanol–water partition coefficient (Wildman–Crippen LogP) is 1.81. The number of rotatable bonds is 3. The normalized spacial score (nSPS) is 30.6. The smallest absolute Gasteiger partial charge is 0.128 e. The molecule has 0 radical (unpaired) electrons. The number of halogens is 1. The van der Waals surface area contributed by atoms with Crippen LogP contribution < -0.4 is 5.32 Å². The van der Waals surface area contributed by atoms with E-state index in [0.717, 1.165) is 19.4 Å². The molecule has 0 aromatic carbocycles. The third kappa shape index (κ3) is 2.45. The van der Waals surface area contributed by atoms with Gasteiger partial charge >= 0.3 is 0 Å². The first-order valence-corrected chi connectivity index (χ1v) is 5.57. The van der Waals surface area contributed by atoms with Gasteiger partial charge in [-0.25, -0.2) is 4.39 Å². The standard InChI is InChI=1S/C11H23FN2/c1-5-11(2,3)14-7-6-10(13-4)9(12)8-14/h9-10,13H,5-8H2,1-4H3. The van der Waals surface area contributed by atoms with E-state index in [4.69, 9.17) is 0 Å². The number of nitrogens with one attached hydrogen (secondary N) is 1. The van der Waals surface area contributed by atoms with Gasteiger partial charge in [-0.1, -0.05) is 6.92 Å². The molecule has 0 saturated carbocycles. The van der Waals surface area contributed by atoms with Crippen LogP contribution in [0.2, 0.25) is 0 Å². The first kappa shape index (κ1) is 11.9. The maximum absolute atomic E-state index is 13.7. The van der Waals surface area contributed by atoms with Crippen molar-refractivity contribution in [2.24, 2.45) is 0 Å². The summed E-state index contributed by atoms with van der Waals surface area (Å²) in [7, 11) is 1.85. The summed E-state index contributed by atoms with van der Waals surface area (Å²) in [5, 5.41) is 3.04. The number of alkyl halides is 1. The summed E-state index contributed by atoms with van der Waals surface area (Å²) in [4.78, 5) is 2.27. The lowest BCUT2D eigenvalue weighted by atomic mass is 9.93. The van der Waals surface area contributed by atoms with Crippen LogP contribution in [0.25, 0.3) is 0 Å². The van der Waals surface area contributed by atoms with E-state index in [1.54, 1.807) is 0 Å². The van der Waals surface area contributed by atoms with E-state index < -0.39 is 6.17 Å². The van der Waals surface area contributed by atoms with E-state index in [2.05, 4.69) is 31.0 Å². The summed E-state index contributed by atoms with van der Waals surface area (Å²) in [5.74, 6) is 0. The van der Waals surface area contributed by atoms with Crippen LogP contribution in [0.1, 0.15) is 33.6 Å². The van der Waals surface area contributed by atoms with Crippen molar-refractivity contribution in [2.75, 3.05) is 20.1 Å². The second kappa shape index (κ2) is 4.58. The van der Waals surface area contributed by atoms with E-state index in [9.17, 15) is 4.39 Å². The lowest BCUT2D eigenvalue weighted by Crippen LogP contribution is -2.56. The molecule has 3 heteroatoms. The molecule has 1 aliphatic rings. The minimum atomic E-state index is -0.723. The van der Waals surface area contributed by atoms with Crippen LogP contribution in [0.3, 0.4) is 0 Å². The van der Waals surface area contributed by atoms with Crippen LogP contribution in [-0.4, -0.2) is 42.8 Å². The van der Waals surface area contributed by atoms with Crippen LogP contribution in [0.4, 0.5) is 4.39 Å². The Bertz CT molecular complexity index is 182. The zero-order valence-corrected chi connectivity index (χ0v) is 9.81. The molecular weight excluding hydrogens is 179 g/mol. The Balaban J connectivity index is 2.54. The second-order valence-corrected chi connectivity index (χ2v) is 4.81. The second-order valence-electron chi connectivity index (χ2n) is 4.81. The molecule has 2 atom stereocenters. The number of nitrogens with zero attached hydrogens (tertiary/aromatic N) is 1. The molecule has 0 amide bonds. The molecule has 1 aliphatic heterocycles. The minimum Gasteiger partial charge on any atom is -0.314 e. The molecule has 1 saturated heterocycles. The van der Waals surface area contributed by atoms with E-state index in [1.165, 1.54) is 0 Å². The highest BCUT2D eigenvalue weighted by Crippen LogP contribution is 2.24. The molecule has 1 N–H and O–H groups in total. The summed E-state index contributed by atoms with van der Waals surface area (Å²) in [6.45, 7) is 8.13. The summed E-state index contributed by atoms with van der Waals surface area (Å²) in [5.41, 5.74) is 0.142. The predicted molar refractivity (Wildman–Crippen MR) is 58.3 cm³/mol. The monoisotopic (exact) mass is 202 g/mol. The Morgan fingerprint density at radius 1 is 1.50 bits per heavy atom. The van der Waals surface area contributed by atoms with Crippen LogP contribution >= 0.6 is 0 Å². The van der Waals surface area contributed by atoms with Gasteiger partial charge in [-0.2, -0.15) is 0 Å². The molecule has 0 bridgehead atoms. The van der Waals surface area contributed by atoms with Crippen molar-refractivity contribution in [3.63, 3.8) is 0 Å². The average Bonchev–Trinajstić information content (AvgIpc) is 2.17. The molecule has 0 aromatic rings. The van der Waals surface area contributed by atoms with E-state index in [0.29, 0.717) is 6.54 Å². The number of hydrogen-bond acceptors (Lipinski definition) is 2. The fraction of sp³-hybridized carbons (Fsp3) is 1.00. The quantitative estimate of drug-likeness (QED) is 0.751. The van der Waals surface area contributed by atoms with E-state index in [1.807, 2.05) is 7.05 Å². The van der Waals surface area contributed by atoms with Gasteiger partial charge in [-0.05, 0) is 33.7 Å². The largest absolute Gasteiger partial charge is 0.314 e. The van der Waals surface area contributed by atoms with Crippen LogP contribution in [-0.2, 0) is 0 Å². The molecule has 84 valence electrons. The summed E-state index contributed by atoms with van der Waals surface area (Å²) < 4.78 is 13.7. The molecule has 14 heavy (non-hydrogen) atoms. The van der Waals surface area contributed by atoms with E-state index in [-0.39, 0.29) is 11.6 Å². The maximum atomic E-state index is 13.7. The third-order valence-electron chi connectivity index (χ3n) is 3.63. The maximum Gasteiger partial charge on any atom is 0.128 e. The molecule has 0 aliphatic carbocycles. The lowest BCUT2D eigenvalue weighted by Gasteiger charge is -2.44. The first-order valence-electron chi connectivity index (χ1n) is 5.57. The average molecular weight is 202 g/mol. The highest BCUT2D eigenvalue weighted by molar-refractivity contribution is 4.90.